The van der Waals surface area contributed by atoms with Crippen LogP contribution in [0.5, 0.6) is 5.75 Å². The van der Waals surface area contributed by atoms with E-state index >= 15 is 0 Å². The summed E-state index contributed by atoms with van der Waals surface area (Å²) in [5, 5.41) is 10.4. The fourth-order valence-corrected chi connectivity index (χ4v) is 2.69. The second-order valence-electron chi connectivity index (χ2n) is 5.67. The van der Waals surface area contributed by atoms with Gasteiger partial charge in [0.2, 0.25) is 0 Å². The average Bonchev–Trinajstić information content (AvgIpc) is 3.20. The Bertz CT molecular complexity index is 453. The number of benzene rings is 1. The van der Waals surface area contributed by atoms with E-state index in [1.807, 2.05) is 6.07 Å². The second kappa shape index (κ2) is 3.90. The molecule has 2 aliphatic rings. The van der Waals surface area contributed by atoms with Gasteiger partial charge in [-0.05, 0) is 54.6 Å². The van der Waals surface area contributed by atoms with Crippen LogP contribution in [0, 0.1) is 11.8 Å². The maximum atomic E-state index is 10.4. The minimum Gasteiger partial charge on any atom is -0.507 e. The third kappa shape index (κ3) is 1.99. The summed E-state index contributed by atoms with van der Waals surface area (Å²) in [5.74, 6) is 2.38. The van der Waals surface area contributed by atoms with Gasteiger partial charge in [0.1, 0.15) is 5.75 Å². The highest BCUT2D eigenvalue weighted by atomic mass is 16.3. The number of phenolic OH excluding ortho intramolecular Hbond substituents is 1. The molecule has 1 aromatic rings. The van der Waals surface area contributed by atoms with Crippen molar-refractivity contribution < 1.29 is 5.11 Å². The maximum absolute atomic E-state index is 10.4. The minimum absolute atomic E-state index is 0.488. The lowest BCUT2D eigenvalue weighted by Gasteiger charge is -2.16. The first-order chi connectivity index (χ1) is 8.18. The summed E-state index contributed by atoms with van der Waals surface area (Å²) in [6, 6.07) is 6.15. The Morgan fingerprint density at radius 2 is 2.00 bits per heavy atom. The van der Waals surface area contributed by atoms with Crippen LogP contribution in [0.3, 0.4) is 0 Å². The Kier molecular flexibility index (Phi) is 2.50. The molecule has 0 radical (unpaired) electrons. The molecule has 17 heavy (non-hydrogen) atoms. The maximum Gasteiger partial charge on any atom is 0.126 e. The molecule has 1 aromatic carbocycles. The van der Waals surface area contributed by atoms with Gasteiger partial charge < -0.3 is 5.11 Å². The molecule has 0 saturated heterocycles. The van der Waals surface area contributed by atoms with Crippen molar-refractivity contribution in [2.24, 2.45) is 11.8 Å². The van der Waals surface area contributed by atoms with Gasteiger partial charge in [-0.1, -0.05) is 31.7 Å². The van der Waals surface area contributed by atoms with Crippen molar-refractivity contribution in [3.05, 3.63) is 35.9 Å². The molecule has 1 unspecified atom stereocenters. The van der Waals surface area contributed by atoms with Crippen molar-refractivity contribution in [2.45, 2.75) is 38.5 Å². The van der Waals surface area contributed by atoms with Gasteiger partial charge in [-0.3, -0.25) is 0 Å². The summed E-state index contributed by atoms with van der Waals surface area (Å²) in [4.78, 5) is 0. The van der Waals surface area contributed by atoms with Gasteiger partial charge in [0.05, 0.1) is 0 Å². The Morgan fingerprint density at radius 3 is 2.59 bits per heavy atom. The van der Waals surface area contributed by atoms with Crippen LogP contribution in [0.15, 0.2) is 24.8 Å². The molecule has 3 rings (SSSR count). The van der Waals surface area contributed by atoms with Gasteiger partial charge in [0, 0.05) is 5.56 Å². The van der Waals surface area contributed by atoms with Crippen LogP contribution < -0.4 is 0 Å². The summed E-state index contributed by atoms with van der Waals surface area (Å²) < 4.78 is 0. The first kappa shape index (κ1) is 10.9. The number of rotatable bonds is 4. The molecule has 0 aromatic heterocycles. The Balaban J connectivity index is 1.93. The van der Waals surface area contributed by atoms with Crippen LogP contribution in [0.25, 0.3) is 5.57 Å². The van der Waals surface area contributed by atoms with Crippen LogP contribution in [-0.2, 0) is 0 Å². The predicted molar refractivity (Wildman–Crippen MR) is 71.0 cm³/mol. The van der Waals surface area contributed by atoms with Gasteiger partial charge in [-0.2, -0.15) is 0 Å². The fourth-order valence-electron chi connectivity index (χ4n) is 2.69. The molecule has 1 heteroatoms. The van der Waals surface area contributed by atoms with Crippen molar-refractivity contribution >= 4 is 5.57 Å². The number of para-hydroxylation sites is 1. The number of aromatic hydroxyl groups is 1. The number of hydrogen-bond donors (Lipinski definition) is 1. The molecule has 90 valence electrons. The van der Waals surface area contributed by atoms with Crippen LogP contribution in [0.4, 0.5) is 0 Å². The first-order valence-electron chi connectivity index (χ1n) is 6.69. The standard InChI is InChI=1S/C16H20O/c1-10(12-6-7-12)14-4-3-5-15(16(14)17)11(2)13-8-9-13/h3-5,11-13,17H,1,6-9H2,2H3. The lowest BCUT2D eigenvalue weighted by Crippen LogP contribution is -1.98. The van der Waals surface area contributed by atoms with Crippen LogP contribution in [-0.4, -0.2) is 5.11 Å². The predicted octanol–water partition coefficient (Wildman–Crippen LogP) is 4.33. The van der Waals surface area contributed by atoms with Crippen molar-refractivity contribution in [2.75, 3.05) is 0 Å². The smallest absolute Gasteiger partial charge is 0.126 e. The molecule has 0 heterocycles. The largest absolute Gasteiger partial charge is 0.507 e. The highest BCUT2D eigenvalue weighted by Crippen LogP contribution is 2.48. The van der Waals surface area contributed by atoms with Gasteiger partial charge in [-0.25, -0.2) is 0 Å². The number of allylic oxidation sites excluding steroid dienone is 1. The van der Waals surface area contributed by atoms with E-state index in [9.17, 15) is 5.11 Å². The third-order valence-electron chi connectivity index (χ3n) is 4.30. The molecule has 0 spiro atoms. The SMILES string of the molecule is C=C(c1cccc(C(C)C2CC2)c1O)C1CC1. The first-order valence-corrected chi connectivity index (χ1v) is 6.69. The number of hydrogen-bond acceptors (Lipinski definition) is 1. The van der Waals surface area contributed by atoms with Crippen molar-refractivity contribution in [1.29, 1.82) is 0 Å². The van der Waals surface area contributed by atoms with E-state index in [1.54, 1.807) is 0 Å². The zero-order valence-electron chi connectivity index (χ0n) is 10.4. The Morgan fingerprint density at radius 1 is 1.29 bits per heavy atom. The fraction of sp³-hybridized carbons (Fsp3) is 0.500. The molecule has 2 fully saturated rings. The number of phenols is 1. The van der Waals surface area contributed by atoms with E-state index in [1.165, 1.54) is 25.7 Å². The topological polar surface area (TPSA) is 20.2 Å². The van der Waals surface area contributed by atoms with E-state index in [-0.39, 0.29) is 0 Å². The highest BCUT2D eigenvalue weighted by molar-refractivity contribution is 5.73. The van der Waals surface area contributed by atoms with E-state index in [4.69, 9.17) is 0 Å². The summed E-state index contributed by atoms with van der Waals surface area (Å²) >= 11 is 0. The van der Waals surface area contributed by atoms with Crippen molar-refractivity contribution in [3.63, 3.8) is 0 Å². The molecule has 0 amide bonds. The van der Waals surface area contributed by atoms with Crippen LogP contribution in [0.2, 0.25) is 0 Å². The molecular formula is C16H20O. The van der Waals surface area contributed by atoms with E-state index in [2.05, 4.69) is 25.6 Å². The molecular weight excluding hydrogens is 208 g/mol. The monoisotopic (exact) mass is 228 g/mol. The van der Waals surface area contributed by atoms with E-state index < -0.39 is 0 Å². The van der Waals surface area contributed by atoms with Gasteiger partial charge in [0.25, 0.3) is 0 Å². The molecule has 2 aliphatic carbocycles. The van der Waals surface area contributed by atoms with Gasteiger partial charge >= 0.3 is 0 Å². The van der Waals surface area contributed by atoms with Crippen molar-refractivity contribution in [3.8, 4) is 5.75 Å². The highest BCUT2D eigenvalue weighted by Gasteiger charge is 2.32. The quantitative estimate of drug-likeness (QED) is 0.813. The lowest BCUT2D eigenvalue weighted by atomic mass is 9.91. The Labute approximate surface area is 103 Å². The normalized spacial score (nSPS) is 21.2. The summed E-state index contributed by atoms with van der Waals surface area (Å²) in [5.41, 5.74) is 3.23. The lowest BCUT2D eigenvalue weighted by molar-refractivity contribution is 0.456. The van der Waals surface area contributed by atoms with Gasteiger partial charge in [0.15, 0.2) is 0 Å². The second-order valence-corrected chi connectivity index (χ2v) is 5.67. The summed E-state index contributed by atoms with van der Waals surface area (Å²) in [6.45, 7) is 6.38. The molecule has 1 N–H and O–H groups in total. The molecule has 0 bridgehead atoms. The van der Waals surface area contributed by atoms with Crippen LogP contribution >= 0.6 is 0 Å². The van der Waals surface area contributed by atoms with E-state index in [0.29, 0.717) is 17.6 Å². The summed E-state index contributed by atoms with van der Waals surface area (Å²) in [6.07, 6.45) is 5.10. The minimum atomic E-state index is 0.488. The average molecular weight is 228 g/mol. The molecule has 1 atom stereocenters. The summed E-state index contributed by atoms with van der Waals surface area (Å²) in [7, 11) is 0. The molecule has 1 nitrogen and oxygen atoms in total. The third-order valence-corrected chi connectivity index (χ3v) is 4.30. The molecule has 2 saturated carbocycles. The zero-order valence-corrected chi connectivity index (χ0v) is 10.4. The van der Waals surface area contributed by atoms with Crippen LogP contribution in [0.1, 0.15) is 49.7 Å². The van der Waals surface area contributed by atoms with Crippen molar-refractivity contribution in [1.82, 2.24) is 0 Å². The molecule has 0 aliphatic heterocycles. The van der Waals surface area contributed by atoms with E-state index in [0.717, 1.165) is 22.6 Å². The van der Waals surface area contributed by atoms with Gasteiger partial charge in [-0.15, -0.1) is 0 Å². The zero-order chi connectivity index (χ0) is 12.0. The Hall–Kier alpha value is -1.24.